The van der Waals surface area contributed by atoms with E-state index in [1.807, 2.05) is 35.7 Å². The highest BCUT2D eigenvalue weighted by Gasteiger charge is 2.42. The third kappa shape index (κ3) is 3.27. The monoisotopic (exact) mass is 330 g/mol. The molecule has 6 heteroatoms. The van der Waals surface area contributed by atoms with Crippen molar-refractivity contribution in [3.8, 4) is 10.6 Å². The number of aromatic nitrogens is 1. The van der Waals surface area contributed by atoms with Crippen molar-refractivity contribution in [1.82, 2.24) is 9.88 Å². The predicted molar refractivity (Wildman–Crippen MR) is 88.2 cm³/mol. The van der Waals surface area contributed by atoms with Crippen LogP contribution in [0.4, 0.5) is 0 Å². The van der Waals surface area contributed by atoms with Crippen molar-refractivity contribution in [2.45, 2.75) is 19.8 Å². The highest BCUT2D eigenvalue weighted by Crippen LogP contribution is 2.30. The van der Waals surface area contributed by atoms with Crippen LogP contribution in [0.15, 0.2) is 35.7 Å². The molecule has 1 fully saturated rings. The van der Waals surface area contributed by atoms with Gasteiger partial charge >= 0.3 is 5.97 Å². The average Bonchev–Trinajstić information content (AvgIpc) is 3.16. The van der Waals surface area contributed by atoms with Crippen LogP contribution < -0.4 is 0 Å². The first-order chi connectivity index (χ1) is 11.0. The van der Waals surface area contributed by atoms with Gasteiger partial charge in [-0.15, -0.1) is 11.3 Å². The van der Waals surface area contributed by atoms with Crippen LogP contribution in [-0.4, -0.2) is 40.0 Å². The van der Waals surface area contributed by atoms with E-state index in [4.69, 9.17) is 0 Å². The number of likely N-dealkylation sites (tertiary alicyclic amines) is 1. The van der Waals surface area contributed by atoms with Gasteiger partial charge in [-0.05, 0) is 13.3 Å². The van der Waals surface area contributed by atoms with E-state index in [2.05, 4.69) is 4.98 Å². The first-order valence-electron chi connectivity index (χ1n) is 7.49. The van der Waals surface area contributed by atoms with Gasteiger partial charge in [0.15, 0.2) is 0 Å². The molecule has 0 bridgehead atoms. The number of carboxylic acids is 1. The molecule has 1 aromatic heterocycles. The van der Waals surface area contributed by atoms with Crippen LogP contribution in [0.5, 0.6) is 0 Å². The lowest BCUT2D eigenvalue weighted by molar-refractivity contribution is -0.147. The SMILES string of the molecule is C[C@]1(C(=O)O)CCN(C(=O)Cc2csc(-c3ccccc3)n2)C1. The van der Waals surface area contributed by atoms with E-state index in [-0.39, 0.29) is 18.9 Å². The van der Waals surface area contributed by atoms with Crippen molar-refractivity contribution in [3.05, 3.63) is 41.4 Å². The Kier molecular flexibility index (Phi) is 4.17. The van der Waals surface area contributed by atoms with Crippen molar-refractivity contribution < 1.29 is 14.7 Å². The lowest BCUT2D eigenvalue weighted by Crippen LogP contribution is -2.35. The summed E-state index contributed by atoms with van der Waals surface area (Å²) in [6, 6.07) is 9.85. The van der Waals surface area contributed by atoms with Crippen molar-refractivity contribution >= 4 is 23.2 Å². The lowest BCUT2D eigenvalue weighted by Gasteiger charge is -2.19. The van der Waals surface area contributed by atoms with Crippen LogP contribution in [-0.2, 0) is 16.0 Å². The molecule has 0 unspecified atom stereocenters. The summed E-state index contributed by atoms with van der Waals surface area (Å²) in [6.45, 7) is 2.47. The van der Waals surface area contributed by atoms with Crippen molar-refractivity contribution in [2.75, 3.05) is 13.1 Å². The molecule has 2 heterocycles. The highest BCUT2D eigenvalue weighted by atomic mass is 32.1. The Morgan fingerprint density at radius 3 is 2.74 bits per heavy atom. The molecule has 1 N–H and O–H groups in total. The summed E-state index contributed by atoms with van der Waals surface area (Å²) < 4.78 is 0. The van der Waals surface area contributed by atoms with E-state index in [9.17, 15) is 14.7 Å². The van der Waals surface area contributed by atoms with Gasteiger partial charge in [-0.3, -0.25) is 9.59 Å². The molecule has 1 saturated heterocycles. The Balaban J connectivity index is 1.66. The fourth-order valence-corrected chi connectivity index (χ4v) is 3.54. The molecule has 3 rings (SSSR count). The highest BCUT2D eigenvalue weighted by molar-refractivity contribution is 7.13. The van der Waals surface area contributed by atoms with E-state index in [1.165, 1.54) is 11.3 Å². The van der Waals surface area contributed by atoms with Gasteiger partial charge in [-0.25, -0.2) is 4.98 Å². The molecule has 23 heavy (non-hydrogen) atoms. The zero-order chi connectivity index (χ0) is 16.4. The first-order valence-corrected chi connectivity index (χ1v) is 8.37. The number of rotatable bonds is 4. The van der Waals surface area contributed by atoms with Crippen molar-refractivity contribution in [2.24, 2.45) is 5.41 Å². The second kappa shape index (κ2) is 6.12. The fourth-order valence-electron chi connectivity index (χ4n) is 2.72. The van der Waals surface area contributed by atoms with E-state index >= 15 is 0 Å². The number of thiazole rings is 1. The Morgan fingerprint density at radius 1 is 1.35 bits per heavy atom. The second-order valence-corrected chi connectivity index (χ2v) is 6.98. The van der Waals surface area contributed by atoms with Gasteiger partial charge < -0.3 is 10.0 Å². The Labute approximate surface area is 138 Å². The number of amides is 1. The normalized spacial score (nSPS) is 20.7. The van der Waals surface area contributed by atoms with Gasteiger partial charge in [-0.2, -0.15) is 0 Å². The number of aliphatic carboxylic acids is 1. The van der Waals surface area contributed by atoms with E-state index < -0.39 is 11.4 Å². The van der Waals surface area contributed by atoms with Gasteiger partial charge in [0.1, 0.15) is 5.01 Å². The summed E-state index contributed by atoms with van der Waals surface area (Å²) in [6.07, 6.45) is 0.722. The number of benzene rings is 1. The maximum atomic E-state index is 12.4. The molecule has 1 amide bonds. The molecule has 5 nitrogen and oxygen atoms in total. The third-order valence-corrected chi connectivity index (χ3v) is 5.19. The van der Waals surface area contributed by atoms with E-state index in [1.54, 1.807) is 11.8 Å². The van der Waals surface area contributed by atoms with Crippen molar-refractivity contribution in [3.63, 3.8) is 0 Å². The third-order valence-electron chi connectivity index (χ3n) is 4.25. The van der Waals surface area contributed by atoms with Gasteiger partial charge in [-0.1, -0.05) is 30.3 Å². The minimum Gasteiger partial charge on any atom is -0.481 e. The summed E-state index contributed by atoms with van der Waals surface area (Å²) in [5.74, 6) is -0.896. The number of hydrogen-bond acceptors (Lipinski definition) is 4. The smallest absolute Gasteiger partial charge is 0.311 e. The maximum absolute atomic E-state index is 12.4. The van der Waals surface area contributed by atoms with Crippen LogP contribution in [0.25, 0.3) is 10.6 Å². The molecule has 120 valence electrons. The maximum Gasteiger partial charge on any atom is 0.311 e. The van der Waals surface area contributed by atoms with E-state index in [0.29, 0.717) is 13.0 Å². The van der Waals surface area contributed by atoms with Crippen molar-refractivity contribution in [1.29, 1.82) is 0 Å². The lowest BCUT2D eigenvalue weighted by atomic mass is 9.90. The van der Waals surface area contributed by atoms with Crippen LogP contribution in [0.3, 0.4) is 0 Å². The zero-order valence-corrected chi connectivity index (χ0v) is 13.7. The first kappa shape index (κ1) is 15.7. The summed E-state index contributed by atoms with van der Waals surface area (Å²) in [4.78, 5) is 29.8. The molecule has 1 aliphatic heterocycles. The minimum atomic E-state index is -0.840. The number of carboxylic acid groups (broad SMARTS) is 1. The summed E-state index contributed by atoms with van der Waals surface area (Å²) in [5, 5.41) is 12.0. The fraction of sp³-hybridized carbons (Fsp3) is 0.353. The quantitative estimate of drug-likeness (QED) is 0.935. The number of carbonyl (C=O) groups is 2. The zero-order valence-electron chi connectivity index (χ0n) is 12.9. The van der Waals surface area contributed by atoms with Gasteiger partial charge in [0.2, 0.25) is 5.91 Å². The Morgan fingerprint density at radius 2 is 2.09 bits per heavy atom. The summed E-state index contributed by atoms with van der Waals surface area (Å²) in [5.41, 5.74) is 0.950. The molecule has 0 aliphatic carbocycles. The molecule has 0 radical (unpaired) electrons. The molecule has 1 aliphatic rings. The van der Waals surface area contributed by atoms with E-state index in [0.717, 1.165) is 16.3 Å². The molecule has 1 aromatic carbocycles. The number of hydrogen-bond donors (Lipinski definition) is 1. The van der Waals surface area contributed by atoms with Crippen LogP contribution in [0, 0.1) is 5.41 Å². The van der Waals surface area contributed by atoms with Gasteiger partial charge in [0.25, 0.3) is 0 Å². The summed E-state index contributed by atoms with van der Waals surface area (Å²) in [7, 11) is 0. The predicted octanol–water partition coefficient (Wildman–Crippen LogP) is 2.68. The molecule has 0 saturated carbocycles. The Bertz CT molecular complexity index is 728. The van der Waals surface area contributed by atoms with Gasteiger partial charge in [0, 0.05) is 24.0 Å². The molecule has 0 spiro atoms. The standard InChI is InChI=1S/C17H18N2O3S/c1-17(16(21)22)7-8-19(11-17)14(20)9-13-10-23-15(18-13)12-5-3-2-4-6-12/h2-6,10H,7-9,11H2,1H3,(H,21,22)/t17-/m0/s1. The minimum absolute atomic E-state index is 0.0557. The molecule has 1 atom stereocenters. The molecular weight excluding hydrogens is 312 g/mol. The van der Waals surface area contributed by atoms with Crippen LogP contribution in [0.1, 0.15) is 19.0 Å². The van der Waals surface area contributed by atoms with Crippen LogP contribution in [0.2, 0.25) is 0 Å². The number of carbonyl (C=O) groups excluding carboxylic acids is 1. The van der Waals surface area contributed by atoms with Crippen LogP contribution >= 0.6 is 11.3 Å². The topological polar surface area (TPSA) is 70.5 Å². The second-order valence-electron chi connectivity index (χ2n) is 6.12. The molecule has 2 aromatic rings. The largest absolute Gasteiger partial charge is 0.481 e. The molecular formula is C17H18N2O3S. The Hall–Kier alpha value is -2.21. The summed E-state index contributed by atoms with van der Waals surface area (Å²) >= 11 is 1.52. The average molecular weight is 330 g/mol. The van der Waals surface area contributed by atoms with Gasteiger partial charge in [0.05, 0.1) is 17.5 Å². The number of nitrogens with zero attached hydrogens (tertiary/aromatic N) is 2.